The standard InChI is InChI=1S/C18H17ClFN3O.C2H2O4/c1-23-17(12-5-3-6-13(9-12)24-2)11-22-18(23)21-10-14-15(19)7-4-8-16(14)20;3-1(4)2(5)6/h3-9,11H,10H2,1-2H3,(H,21,22);(H,3,4)(H,5,6). The van der Waals surface area contributed by atoms with E-state index in [0.717, 1.165) is 17.0 Å². The summed E-state index contributed by atoms with van der Waals surface area (Å²) in [5.41, 5.74) is 2.34. The smallest absolute Gasteiger partial charge is 0.414 e. The Kier molecular flexibility index (Phi) is 7.76. The minimum atomic E-state index is -1.82. The summed E-state index contributed by atoms with van der Waals surface area (Å²) in [5, 5.41) is 18.3. The van der Waals surface area contributed by atoms with Gasteiger partial charge in [0.05, 0.1) is 19.0 Å². The van der Waals surface area contributed by atoms with Crippen molar-refractivity contribution >= 4 is 29.5 Å². The summed E-state index contributed by atoms with van der Waals surface area (Å²) in [6, 6.07) is 12.4. The molecule has 0 aliphatic carbocycles. The first-order chi connectivity index (χ1) is 14.2. The molecule has 0 unspecified atom stereocenters. The van der Waals surface area contributed by atoms with Crippen LogP contribution in [0.3, 0.4) is 0 Å². The molecule has 1 heterocycles. The fourth-order valence-corrected chi connectivity index (χ4v) is 2.72. The Morgan fingerprint density at radius 2 is 1.87 bits per heavy atom. The van der Waals surface area contributed by atoms with Crippen LogP contribution in [0.15, 0.2) is 48.7 Å². The first-order valence-electron chi connectivity index (χ1n) is 8.53. The summed E-state index contributed by atoms with van der Waals surface area (Å²) in [6.07, 6.45) is 1.76. The number of nitrogens with zero attached hydrogens (tertiary/aromatic N) is 2. The van der Waals surface area contributed by atoms with Gasteiger partial charge in [0.2, 0.25) is 5.95 Å². The summed E-state index contributed by atoms with van der Waals surface area (Å²) in [6.45, 7) is 0.258. The molecule has 0 fully saturated rings. The van der Waals surface area contributed by atoms with Crippen molar-refractivity contribution in [3.05, 3.63) is 65.1 Å². The number of nitrogens with one attached hydrogen (secondary N) is 1. The Morgan fingerprint density at radius 3 is 2.47 bits per heavy atom. The van der Waals surface area contributed by atoms with E-state index in [4.69, 9.17) is 36.1 Å². The molecule has 0 spiro atoms. The van der Waals surface area contributed by atoms with Gasteiger partial charge in [-0.2, -0.15) is 0 Å². The summed E-state index contributed by atoms with van der Waals surface area (Å²) < 4.78 is 21.0. The number of methoxy groups -OCH3 is 1. The van der Waals surface area contributed by atoms with E-state index in [2.05, 4.69) is 10.3 Å². The topological polar surface area (TPSA) is 114 Å². The molecule has 8 nitrogen and oxygen atoms in total. The van der Waals surface area contributed by atoms with Gasteiger partial charge in [-0.15, -0.1) is 0 Å². The molecule has 3 rings (SSSR count). The molecule has 0 bridgehead atoms. The molecule has 0 saturated carbocycles. The van der Waals surface area contributed by atoms with Crippen LogP contribution in [0.4, 0.5) is 10.3 Å². The molecule has 158 valence electrons. The van der Waals surface area contributed by atoms with Gasteiger partial charge < -0.3 is 24.8 Å². The third-order valence-corrected chi connectivity index (χ3v) is 4.38. The minimum Gasteiger partial charge on any atom is -0.497 e. The van der Waals surface area contributed by atoms with Crippen molar-refractivity contribution in [1.29, 1.82) is 0 Å². The molecule has 0 radical (unpaired) electrons. The zero-order valence-corrected chi connectivity index (χ0v) is 16.9. The van der Waals surface area contributed by atoms with Crippen molar-refractivity contribution < 1.29 is 28.9 Å². The number of carboxylic acids is 2. The van der Waals surface area contributed by atoms with Gasteiger partial charge >= 0.3 is 11.9 Å². The van der Waals surface area contributed by atoms with Crippen molar-refractivity contribution in [1.82, 2.24) is 9.55 Å². The SMILES string of the molecule is COc1cccc(-c2cnc(NCc3c(F)cccc3Cl)n2C)c1.O=C(O)C(=O)O. The monoisotopic (exact) mass is 435 g/mol. The second-order valence-corrected chi connectivity index (χ2v) is 6.33. The highest BCUT2D eigenvalue weighted by molar-refractivity contribution is 6.31. The Labute approximate surface area is 176 Å². The molecule has 30 heavy (non-hydrogen) atoms. The molecule has 1 aromatic heterocycles. The highest BCUT2D eigenvalue weighted by Gasteiger charge is 2.11. The van der Waals surface area contributed by atoms with E-state index < -0.39 is 11.9 Å². The number of aromatic nitrogens is 2. The van der Waals surface area contributed by atoms with Gasteiger partial charge in [0.1, 0.15) is 11.6 Å². The molecule has 0 saturated heterocycles. The average molecular weight is 436 g/mol. The molecule has 0 aliphatic heterocycles. The van der Waals surface area contributed by atoms with Gasteiger partial charge in [0.15, 0.2) is 0 Å². The Bertz CT molecular complexity index is 1020. The number of aliphatic carboxylic acids is 2. The van der Waals surface area contributed by atoms with Crippen LogP contribution in [0.1, 0.15) is 5.56 Å². The first kappa shape index (κ1) is 22.7. The minimum absolute atomic E-state index is 0.258. The van der Waals surface area contributed by atoms with Crippen molar-refractivity contribution in [2.45, 2.75) is 6.54 Å². The van der Waals surface area contributed by atoms with Gasteiger partial charge in [0.25, 0.3) is 0 Å². The maximum atomic E-state index is 13.8. The first-order valence-corrected chi connectivity index (χ1v) is 8.91. The lowest BCUT2D eigenvalue weighted by atomic mass is 10.1. The number of hydrogen-bond acceptors (Lipinski definition) is 5. The van der Waals surface area contributed by atoms with E-state index in [0.29, 0.717) is 16.5 Å². The number of ether oxygens (including phenoxy) is 1. The Balaban J connectivity index is 0.000000469. The van der Waals surface area contributed by atoms with Crippen LogP contribution >= 0.6 is 11.6 Å². The van der Waals surface area contributed by atoms with Crippen molar-refractivity contribution in [3.8, 4) is 17.0 Å². The second-order valence-electron chi connectivity index (χ2n) is 5.92. The number of imidazole rings is 1. The molecular weight excluding hydrogens is 417 g/mol. The van der Waals surface area contributed by atoms with E-state index in [9.17, 15) is 4.39 Å². The highest BCUT2D eigenvalue weighted by Crippen LogP contribution is 2.26. The number of carbonyl (C=O) groups is 2. The van der Waals surface area contributed by atoms with E-state index in [-0.39, 0.29) is 12.4 Å². The van der Waals surface area contributed by atoms with E-state index in [1.807, 2.05) is 35.9 Å². The molecule has 3 N–H and O–H groups in total. The molecule has 0 amide bonds. The normalized spacial score (nSPS) is 10.0. The lowest BCUT2D eigenvalue weighted by Crippen LogP contribution is -2.09. The molecule has 2 aromatic carbocycles. The van der Waals surface area contributed by atoms with Crippen LogP contribution in [-0.2, 0) is 23.2 Å². The van der Waals surface area contributed by atoms with Crippen LogP contribution in [0.2, 0.25) is 5.02 Å². The largest absolute Gasteiger partial charge is 0.497 e. The summed E-state index contributed by atoms with van der Waals surface area (Å²) in [7, 11) is 3.53. The van der Waals surface area contributed by atoms with Crippen LogP contribution in [0.5, 0.6) is 5.75 Å². The van der Waals surface area contributed by atoms with E-state index in [1.54, 1.807) is 25.4 Å². The second kappa shape index (κ2) is 10.3. The number of halogens is 2. The number of rotatable bonds is 5. The van der Waals surface area contributed by atoms with Gasteiger partial charge in [-0.05, 0) is 24.3 Å². The molecule has 0 atom stereocenters. The van der Waals surface area contributed by atoms with Crippen LogP contribution in [0, 0.1) is 5.82 Å². The highest BCUT2D eigenvalue weighted by atomic mass is 35.5. The molecule has 3 aromatic rings. The number of benzene rings is 2. The lowest BCUT2D eigenvalue weighted by molar-refractivity contribution is -0.159. The Hall–Kier alpha value is -3.59. The molecule has 10 heteroatoms. The quantitative estimate of drug-likeness (QED) is 0.524. The van der Waals surface area contributed by atoms with Crippen LogP contribution in [0.25, 0.3) is 11.3 Å². The van der Waals surface area contributed by atoms with E-state index in [1.165, 1.54) is 6.07 Å². The molecule has 0 aliphatic rings. The summed E-state index contributed by atoms with van der Waals surface area (Å²) in [5.74, 6) is -2.57. The van der Waals surface area contributed by atoms with E-state index >= 15 is 0 Å². The number of carboxylic acid groups (broad SMARTS) is 2. The Morgan fingerprint density at radius 1 is 1.20 bits per heavy atom. The maximum absolute atomic E-state index is 13.8. The van der Waals surface area contributed by atoms with Gasteiger partial charge in [-0.1, -0.05) is 29.8 Å². The third-order valence-electron chi connectivity index (χ3n) is 4.02. The summed E-state index contributed by atoms with van der Waals surface area (Å²) in [4.78, 5) is 22.6. The zero-order chi connectivity index (χ0) is 22.3. The lowest BCUT2D eigenvalue weighted by Gasteiger charge is -2.10. The maximum Gasteiger partial charge on any atom is 0.414 e. The van der Waals surface area contributed by atoms with Crippen LogP contribution in [-0.4, -0.2) is 38.8 Å². The third kappa shape index (κ3) is 5.71. The van der Waals surface area contributed by atoms with Crippen molar-refractivity contribution in [2.75, 3.05) is 12.4 Å². The summed E-state index contributed by atoms with van der Waals surface area (Å²) >= 11 is 6.05. The predicted molar refractivity (Wildman–Crippen MR) is 109 cm³/mol. The molecular formula is C20H19ClFN3O5. The number of hydrogen-bond donors (Lipinski definition) is 3. The van der Waals surface area contributed by atoms with Crippen molar-refractivity contribution in [2.24, 2.45) is 7.05 Å². The fourth-order valence-electron chi connectivity index (χ4n) is 2.49. The fraction of sp³-hybridized carbons (Fsp3) is 0.150. The average Bonchev–Trinajstić information content (AvgIpc) is 3.08. The predicted octanol–water partition coefficient (Wildman–Crippen LogP) is 3.66. The van der Waals surface area contributed by atoms with Gasteiger partial charge in [-0.25, -0.2) is 19.0 Å². The zero-order valence-electron chi connectivity index (χ0n) is 16.1. The van der Waals surface area contributed by atoms with Crippen LogP contribution < -0.4 is 10.1 Å². The van der Waals surface area contributed by atoms with Gasteiger partial charge in [-0.3, -0.25) is 0 Å². The van der Waals surface area contributed by atoms with Gasteiger partial charge in [0, 0.05) is 29.7 Å². The van der Waals surface area contributed by atoms with Crippen molar-refractivity contribution in [3.63, 3.8) is 0 Å². The number of anilines is 1.